The van der Waals surface area contributed by atoms with Crippen LogP contribution in [0.4, 0.5) is 4.39 Å². The molecule has 2 heterocycles. The van der Waals surface area contributed by atoms with E-state index in [2.05, 4.69) is 10.3 Å². The van der Waals surface area contributed by atoms with Crippen molar-refractivity contribution in [2.75, 3.05) is 13.1 Å². The van der Waals surface area contributed by atoms with E-state index in [1.54, 1.807) is 9.58 Å². The maximum absolute atomic E-state index is 13.0. The van der Waals surface area contributed by atoms with Gasteiger partial charge in [0, 0.05) is 18.7 Å². The summed E-state index contributed by atoms with van der Waals surface area (Å²) in [4.78, 5) is 14.0. The highest BCUT2D eigenvalue weighted by atomic mass is 19.1. The molecule has 3 aromatic rings. The quantitative estimate of drug-likeness (QED) is 0.708. The fraction of sp³-hybridized carbons (Fsp3) is 0.211. The Bertz CT molecular complexity index is 889. The molecule has 1 fully saturated rings. The first-order valence-electron chi connectivity index (χ1n) is 8.32. The summed E-state index contributed by atoms with van der Waals surface area (Å²) < 4.78 is 20.4. The molecule has 1 aliphatic heterocycles. The average molecular weight is 352 g/mol. The SMILES string of the molecule is O=C(c1ccc(F)cc1)N1CC(n2cc(COc3ccccc3)nn2)C1. The van der Waals surface area contributed by atoms with E-state index in [1.807, 2.05) is 36.5 Å². The van der Waals surface area contributed by atoms with Crippen LogP contribution >= 0.6 is 0 Å². The summed E-state index contributed by atoms with van der Waals surface area (Å²) in [5.74, 6) is 0.326. The minimum atomic E-state index is -0.351. The second-order valence-corrected chi connectivity index (χ2v) is 6.16. The Kier molecular flexibility index (Phi) is 4.35. The van der Waals surface area contributed by atoms with Crippen LogP contribution in [0, 0.1) is 5.82 Å². The summed E-state index contributed by atoms with van der Waals surface area (Å²) >= 11 is 0. The first-order chi connectivity index (χ1) is 12.7. The summed E-state index contributed by atoms with van der Waals surface area (Å²) in [6.07, 6.45) is 1.84. The number of hydrogen-bond acceptors (Lipinski definition) is 4. The Morgan fingerprint density at radius 2 is 1.85 bits per heavy atom. The first-order valence-corrected chi connectivity index (χ1v) is 8.32. The van der Waals surface area contributed by atoms with Crippen molar-refractivity contribution in [3.8, 4) is 5.75 Å². The highest BCUT2D eigenvalue weighted by Crippen LogP contribution is 2.23. The normalized spacial score (nSPS) is 14.1. The van der Waals surface area contributed by atoms with Gasteiger partial charge in [-0.05, 0) is 36.4 Å². The molecule has 0 aliphatic carbocycles. The number of halogens is 1. The minimum Gasteiger partial charge on any atom is -0.487 e. The maximum Gasteiger partial charge on any atom is 0.254 e. The highest BCUT2D eigenvalue weighted by molar-refractivity contribution is 5.94. The Morgan fingerprint density at radius 1 is 1.12 bits per heavy atom. The second-order valence-electron chi connectivity index (χ2n) is 6.16. The molecule has 1 aromatic heterocycles. The maximum atomic E-state index is 13.0. The summed E-state index contributed by atoms with van der Waals surface area (Å²) in [7, 11) is 0. The average Bonchev–Trinajstić information content (AvgIpc) is 3.08. The van der Waals surface area contributed by atoms with Crippen molar-refractivity contribution in [3.05, 3.63) is 77.9 Å². The number of aromatic nitrogens is 3. The van der Waals surface area contributed by atoms with Crippen LogP contribution in [-0.4, -0.2) is 38.9 Å². The van der Waals surface area contributed by atoms with Crippen LogP contribution in [0.15, 0.2) is 60.8 Å². The van der Waals surface area contributed by atoms with Crippen molar-refractivity contribution in [3.63, 3.8) is 0 Å². The van der Waals surface area contributed by atoms with Crippen LogP contribution in [0.2, 0.25) is 0 Å². The molecule has 2 aromatic carbocycles. The van der Waals surface area contributed by atoms with Crippen LogP contribution in [-0.2, 0) is 6.61 Å². The van der Waals surface area contributed by atoms with E-state index in [9.17, 15) is 9.18 Å². The third-order valence-corrected chi connectivity index (χ3v) is 4.30. The minimum absolute atomic E-state index is 0.0948. The standard InChI is InChI=1S/C19H17FN4O2/c20-15-8-6-14(7-9-15)19(25)23-11-17(12-23)24-10-16(21-22-24)13-26-18-4-2-1-3-5-18/h1-10,17H,11-13H2. The first kappa shape index (κ1) is 16.3. The van der Waals surface area contributed by atoms with E-state index >= 15 is 0 Å². The predicted molar refractivity (Wildman–Crippen MR) is 92.1 cm³/mol. The van der Waals surface area contributed by atoms with Crippen molar-refractivity contribution in [1.29, 1.82) is 0 Å². The number of carbonyl (C=O) groups excluding carboxylic acids is 1. The molecular weight excluding hydrogens is 335 g/mol. The number of ether oxygens (including phenoxy) is 1. The second kappa shape index (κ2) is 6.95. The van der Waals surface area contributed by atoms with Gasteiger partial charge in [0.1, 0.15) is 23.9 Å². The Balaban J connectivity index is 1.31. The number of nitrogens with zero attached hydrogens (tertiary/aromatic N) is 4. The summed E-state index contributed by atoms with van der Waals surface area (Å²) in [6.45, 7) is 1.45. The lowest BCUT2D eigenvalue weighted by atomic mass is 10.1. The van der Waals surface area contributed by atoms with Gasteiger partial charge in [-0.3, -0.25) is 4.79 Å². The van der Waals surface area contributed by atoms with Crippen LogP contribution in [0.25, 0.3) is 0 Å². The molecule has 0 radical (unpaired) electrons. The fourth-order valence-electron chi connectivity index (χ4n) is 2.80. The van der Waals surface area contributed by atoms with Crippen molar-refractivity contribution >= 4 is 5.91 Å². The zero-order valence-electron chi connectivity index (χ0n) is 14.0. The van der Waals surface area contributed by atoms with Crippen molar-refractivity contribution in [2.24, 2.45) is 0 Å². The molecule has 0 N–H and O–H groups in total. The number of benzene rings is 2. The third-order valence-electron chi connectivity index (χ3n) is 4.30. The third kappa shape index (κ3) is 3.42. The van der Waals surface area contributed by atoms with E-state index in [0.717, 1.165) is 11.4 Å². The number of carbonyl (C=O) groups is 1. The molecule has 0 spiro atoms. The van der Waals surface area contributed by atoms with Crippen LogP contribution < -0.4 is 4.74 Å². The van der Waals surface area contributed by atoms with Gasteiger partial charge in [-0.2, -0.15) is 0 Å². The molecule has 1 saturated heterocycles. The summed E-state index contributed by atoms with van der Waals surface area (Å²) in [5.41, 5.74) is 1.22. The zero-order chi connectivity index (χ0) is 17.9. The molecule has 0 atom stereocenters. The zero-order valence-corrected chi connectivity index (χ0v) is 14.0. The van der Waals surface area contributed by atoms with Gasteiger partial charge in [-0.25, -0.2) is 9.07 Å². The Labute approximate surface area is 149 Å². The molecule has 0 saturated carbocycles. The lowest BCUT2D eigenvalue weighted by Crippen LogP contribution is -2.50. The van der Waals surface area contributed by atoms with Crippen molar-refractivity contribution in [1.82, 2.24) is 19.9 Å². The van der Waals surface area contributed by atoms with Gasteiger partial charge in [0.05, 0.1) is 12.2 Å². The molecule has 6 nitrogen and oxygen atoms in total. The summed E-state index contributed by atoms with van der Waals surface area (Å²) in [5, 5.41) is 8.24. The molecule has 132 valence electrons. The lowest BCUT2D eigenvalue weighted by Gasteiger charge is -2.38. The fourth-order valence-corrected chi connectivity index (χ4v) is 2.80. The molecular formula is C19H17FN4O2. The Morgan fingerprint density at radius 3 is 2.58 bits per heavy atom. The van der Waals surface area contributed by atoms with Gasteiger partial charge in [0.25, 0.3) is 5.91 Å². The number of amides is 1. The molecule has 1 aliphatic rings. The molecule has 4 rings (SSSR count). The van der Waals surface area contributed by atoms with E-state index in [0.29, 0.717) is 25.3 Å². The number of rotatable bonds is 5. The van der Waals surface area contributed by atoms with Crippen LogP contribution in [0.5, 0.6) is 5.75 Å². The van der Waals surface area contributed by atoms with E-state index < -0.39 is 0 Å². The monoisotopic (exact) mass is 352 g/mol. The summed E-state index contributed by atoms with van der Waals surface area (Å²) in [6, 6.07) is 15.2. The predicted octanol–water partition coefficient (Wildman–Crippen LogP) is 2.69. The van der Waals surface area contributed by atoms with Crippen molar-refractivity contribution in [2.45, 2.75) is 12.6 Å². The number of hydrogen-bond donors (Lipinski definition) is 0. The van der Waals surface area contributed by atoms with E-state index in [1.165, 1.54) is 24.3 Å². The van der Waals surface area contributed by atoms with Gasteiger partial charge >= 0.3 is 0 Å². The highest BCUT2D eigenvalue weighted by Gasteiger charge is 2.33. The molecule has 7 heteroatoms. The van der Waals surface area contributed by atoms with Crippen LogP contribution in [0.1, 0.15) is 22.1 Å². The number of likely N-dealkylation sites (tertiary alicyclic amines) is 1. The van der Waals surface area contributed by atoms with Gasteiger partial charge in [-0.15, -0.1) is 5.10 Å². The van der Waals surface area contributed by atoms with Crippen molar-refractivity contribution < 1.29 is 13.9 Å². The smallest absolute Gasteiger partial charge is 0.254 e. The van der Waals surface area contributed by atoms with Gasteiger partial charge < -0.3 is 9.64 Å². The van der Waals surface area contributed by atoms with Gasteiger partial charge in [-0.1, -0.05) is 23.4 Å². The van der Waals surface area contributed by atoms with E-state index in [-0.39, 0.29) is 17.8 Å². The molecule has 26 heavy (non-hydrogen) atoms. The number of para-hydroxylation sites is 1. The lowest BCUT2D eigenvalue weighted by molar-refractivity contribution is 0.0498. The molecule has 1 amide bonds. The topological polar surface area (TPSA) is 60.2 Å². The Hall–Kier alpha value is -3.22. The largest absolute Gasteiger partial charge is 0.487 e. The molecule has 0 unspecified atom stereocenters. The van der Waals surface area contributed by atoms with Gasteiger partial charge in [0.15, 0.2) is 0 Å². The molecule has 0 bridgehead atoms. The van der Waals surface area contributed by atoms with Crippen LogP contribution in [0.3, 0.4) is 0 Å². The van der Waals surface area contributed by atoms with E-state index in [4.69, 9.17) is 4.74 Å². The van der Waals surface area contributed by atoms with Gasteiger partial charge in [0.2, 0.25) is 0 Å².